The van der Waals surface area contributed by atoms with Crippen LogP contribution >= 0.6 is 27.5 Å². The van der Waals surface area contributed by atoms with Crippen molar-refractivity contribution >= 4 is 27.5 Å². The fourth-order valence-electron chi connectivity index (χ4n) is 2.05. The molecule has 0 aliphatic rings. The molecule has 0 saturated carbocycles. The summed E-state index contributed by atoms with van der Waals surface area (Å²) in [6.07, 6.45) is 7.90. The molecule has 1 aromatic carbocycles. The fourth-order valence-corrected chi connectivity index (χ4v) is 2.68. The minimum absolute atomic E-state index is 0.332. The number of hydrogen-bond donors (Lipinski definition) is 1. The van der Waals surface area contributed by atoms with Gasteiger partial charge in [0.25, 0.3) is 0 Å². The normalized spacial score (nSPS) is 12.4. The van der Waals surface area contributed by atoms with Gasteiger partial charge in [0, 0.05) is 15.5 Å². The molecule has 1 unspecified atom stereocenters. The standard InChI is InChI=1S/C15H21BrClN/c1-3-4-5-6-7-8-15(18-2)13-11-12(16)9-10-14(13)17/h3,9-11,15,18H,1,4-8H2,2H3. The molecule has 0 spiro atoms. The minimum Gasteiger partial charge on any atom is -0.313 e. The van der Waals surface area contributed by atoms with Crippen LogP contribution in [-0.2, 0) is 0 Å². The smallest absolute Gasteiger partial charge is 0.0454 e. The summed E-state index contributed by atoms with van der Waals surface area (Å²) in [6.45, 7) is 3.74. The van der Waals surface area contributed by atoms with Crippen LogP contribution in [0.1, 0.15) is 43.7 Å². The Hall–Kier alpha value is -0.310. The van der Waals surface area contributed by atoms with Gasteiger partial charge in [-0.15, -0.1) is 6.58 Å². The van der Waals surface area contributed by atoms with Gasteiger partial charge in [-0.05, 0) is 50.1 Å². The summed E-state index contributed by atoms with van der Waals surface area (Å²) in [5, 5.41) is 4.19. The third-order valence-electron chi connectivity index (χ3n) is 3.08. The van der Waals surface area contributed by atoms with E-state index in [1.807, 2.05) is 25.3 Å². The van der Waals surface area contributed by atoms with Crippen molar-refractivity contribution < 1.29 is 0 Å². The van der Waals surface area contributed by atoms with Gasteiger partial charge in [-0.1, -0.05) is 46.4 Å². The molecule has 0 aliphatic carbocycles. The van der Waals surface area contributed by atoms with Gasteiger partial charge in [-0.25, -0.2) is 0 Å². The van der Waals surface area contributed by atoms with Gasteiger partial charge in [-0.2, -0.15) is 0 Å². The quantitative estimate of drug-likeness (QED) is 0.490. The molecule has 100 valence electrons. The highest BCUT2D eigenvalue weighted by atomic mass is 79.9. The largest absolute Gasteiger partial charge is 0.313 e. The predicted molar refractivity (Wildman–Crippen MR) is 84.2 cm³/mol. The maximum atomic E-state index is 6.26. The van der Waals surface area contributed by atoms with Gasteiger partial charge in [0.1, 0.15) is 0 Å². The first-order valence-corrected chi connectivity index (χ1v) is 7.59. The number of unbranched alkanes of at least 4 members (excludes halogenated alkanes) is 3. The highest BCUT2D eigenvalue weighted by molar-refractivity contribution is 9.10. The summed E-state index contributed by atoms with van der Waals surface area (Å²) >= 11 is 9.76. The first-order chi connectivity index (χ1) is 8.69. The molecule has 0 radical (unpaired) electrons. The Morgan fingerprint density at radius 1 is 1.39 bits per heavy atom. The Labute approximate surface area is 124 Å². The highest BCUT2D eigenvalue weighted by Crippen LogP contribution is 2.29. The van der Waals surface area contributed by atoms with E-state index in [0.717, 1.165) is 22.3 Å². The summed E-state index contributed by atoms with van der Waals surface area (Å²) < 4.78 is 1.08. The lowest BCUT2D eigenvalue weighted by atomic mass is 10.00. The lowest BCUT2D eigenvalue weighted by molar-refractivity contribution is 0.508. The van der Waals surface area contributed by atoms with E-state index in [4.69, 9.17) is 11.6 Å². The maximum absolute atomic E-state index is 6.26. The molecule has 3 heteroatoms. The summed E-state index contributed by atoms with van der Waals surface area (Å²) in [4.78, 5) is 0. The molecule has 0 saturated heterocycles. The van der Waals surface area contributed by atoms with Crippen molar-refractivity contribution in [3.63, 3.8) is 0 Å². The molecular weight excluding hydrogens is 310 g/mol. The summed E-state index contributed by atoms with van der Waals surface area (Å²) in [7, 11) is 1.99. The van der Waals surface area contributed by atoms with Crippen molar-refractivity contribution in [2.24, 2.45) is 0 Å². The van der Waals surface area contributed by atoms with E-state index < -0.39 is 0 Å². The number of hydrogen-bond acceptors (Lipinski definition) is 1. The van der Waals surface area contributed by atoms with E-state index >= 15 is 0 Å². The summed E-state index contributed by atoms with van der Waals surface area (Å²) in [6, 6.07) is 6.36. The molecule has 1 rings (SSSR count). The van der Waals surface area contributed by atoms with Crippen molar-refractivity contribution in [2.75, 3.05) is 7.05 Å². The van der Waals surface area contributed by atoms with Crippen LogP contribution in [0.15, 0.2) is 35.3 Å². The first-order valence-electron chi connectivity index (χ1n) is 6.42. The zero-order chi connectivity index (χ0) is 13.4. The number of nitrogens with one attached hydrogen (secondary N) is 1. The number of allylic oxidation sites excluding steroid dienone is 1. The molecule has 0 heterocycles. The van der Waals surface area contributed by atoms with E-state index in [9.17, 15) is 0 Å². The summed E-state index contributed by atoms with van der Waals surface area (Å²) in [5.74, 6) is 0. The third kappa shape index (κ3) is 5.13. The van der Waals surface area contributed by atoms with Crippen LogP contribution < -0.4 is 5.32 Å². The Kier molecular flexibility index (Phi) is 7.64. The van der Waals surface area contributed by atoms with Crippen LogP contribution in [0.5, 0.6) is 0 Å². The van der Waals surface area contributed by atoms with E-state index in [1.54, 1.807) is 0 Å². The van der Waals surface area contributed by atoms with E-state index in [2.05, 4.69) is 33.9 Å². The van der Waals surface area contributed by atoms with Gasteiger partial charge in [0.15, 0.2) is 0 Å². The first kappa shape index (κ1) is 15.7. The van der Waals surface area contributed by atoms with Gasteiger partial charge < -0.3 is 5.32 Å². The second-order valence-corrected chi connectivity index (χ2v) is 5.76. The number of halogens is 2. The fraction of sp³-hybridized carbons (Fsp3) is 0.467. The number of rotatable bonds is 8. The van der Waals surface area contributed by atoms with Crippen LogP contribution in [-0.4, -0.2) is 7.05 Å². The van der Waals surface area contributed by atoms with E-state index in [0.29, 0.717) is 6.04 Å². The molecule has 0 fully saturated rings. The van der Waals surface area contributed by atoms with Crippen molar-refractivity contribution in [1.29, 1.82) is 0 Å². The van der Waals surface area contributed by atoms with Gasteiger partial charge >= 0.3 is 0 Å². The van der Waals surface area contributed by atoms with Crippen molar-refractivity contribution in [1.82, 2.24) is 5.32 Å². The lowest BCUT2D eigenvalue weighted by Gasteiger charge is -2.18. The molecule has 18 heavy (non-hydrogen) atoms. The van der Waals surface area contributed by atoms with Crippen molar-refractivity contribution in [3.05, 3.63) is 45.9 Å². The van der Waals surface area contributed by atoms with Gasteiger partial charge in [0.2, 0.25) is 0 Å². The van der Waals surface area contributed by atoms with E-state index in [1.165, 1.54) is 24.8 Å². The number of benzene rings is 1. The molecule has 1 N–H and O–H groups in total. The molecule has 0 amide bonds. The second kappa shape index (κ2) is 8.73. The Morgan fingerprint density at radius 2 is 2.17 bits per heavy atom. The zero-order valence-corrected chi connectivity index (χ0v) is 13.2. The van der Waals surface area contributed by atoms with Crippen LogP contribution in [0.2, 0.25) is 5.02 Å². The second-order valence-electron chi connectivity index (χ2n) is 4.43. The SMILES string of the molecule is C=CCCCCCC(NC)c1cc(Br)ccc1Cl. The van der Waals surface area contributed by atoms with Crippen LogP contribution in [0.25, 0.3) is 0 Å². The lowest BCUT2D eigenvalue weighted by Crippen LogP contribution is -2.16. The summed E-state index contributed by atoms with van der Waals surface area (Å²) in [5.41, 5.74) is 1.18. The Bertz CT molecular complexity index is 379. The van der Waals surface area contributed by atoms with Crippen molar-refractivity contribution in [3.8, 4) is 0 Å². The van der Waals surface area contributed by atoms with Crippen LogP contribution in [0, 0.1) is 0 Å². The molecule has 0 aliphatic heterocycles. The Morgan fingerprint density at radius 3 is 2.83 bits per heavy atom. The molecule has 0 bridgehead atoms. The van der Waals surface area contributed by atoms with Crippen molar-refractivity contribution in [2.45, 2.75) is 38.1 Å². The van der Waals surface area contributed by atoms with Gasteiger partial charge in [0.05, 0.1) is 0 Å². The topological polar surface area (TPSA) is 12.0 Å². The molecule has 1 aromatic rings. The molecule has 1 nitrogen and oxygen atoms in total. The third-order valence-corrected chi connectivity index (χ3v) is 3.92. The maximum Gasteiger partial charge on any atom is 0.0454 e. The predicted octanol–water partition coefficient (Wildman–Crippen LogP) is 5.50. The minimum atomic E-state index is 0.332. The highest BCUT2D eigenvalue weighted by Gasteiger charge is 2.12. The average Bonchev–Trinajstić information content (AvgIpc) is 2.37. The van der Waals surface area contributed by atoms with Crippen LogP contribution in [0.3, 0.4) is 0 Å². The molecular formula is C15H21BrClN. The monoisotopic (exact) mass is 329 g/mol. The average molecular weight is 331 g/mol. The Balaban J connectivity index is 2.54. The van der Waals surface area contributed by atoms with Crippen LogP contribution in [0.4, 0.5) is 0 Å². The molecule has 1 atom stereocenters. The van der Waals surface area contributed by atoms with E-state index in [-0.39, 0.29) is 0 Å². The molecule has 0 aromatic heterocycles. The van der Waals surface area contributed by atoms with Gasteiger partial charge in [-0.3, -0.25) is 0 Å². The zero-order valence-electron chi connectivity index (χ0n) is 10.9.